The number of carbonyl (C=O) groups is 1. The molecule has 0 fully saturated rings. The van der Waals surface area contributed by atoms with E-state index in [-0.39, 0.29) is 5.91 Å². The SMILES string of the molecule is CC(C)=CC(=O)NCc1cn2ccccc2n1. The molecule has 2 aromatic rings. The Hall–Kier alpha value is -2.10. The second kappa shape index (κ2) is 4.82. The van der Waals surface area contributed by atoms with Crippen LogP contribution >= 0.6 is 0 Å². The lowest BCUT2D eigenvalue weighted by molar-refractivity contribution is -0.116. The molecule has 1 amide bonds. The minimum Gasteiger partial charge on any atom is -0.347 e. The van der Waals surface area contributed by atoms with Gasteiger partial charge in [0, 0.05) is 18.5 Å². The number of fused-ring (bicyclic) bond motifs is 1. The Balaban J connectivity index is 2.04. The monoisotopic (exact) mass is 229 g/mol. The first-order valence-electron chi connectivity index (χ1n) is 5.50. The van der Waals surface area contributed by atoms with Crippen molar-refractivity contribution in [3.8, 4) is 0 Å². The van der Waals surface area contributed by atoms with Crippen LogP contribution in [0.5, 0.6) is 0 Å². The van der Waals surface area contributed by atoms with Crippen LogP contribution in [0.1, 0.15) is 19.5 Å². The number of allylic oxidation sites excluding steroid dienone is 1. The van der Waals surface area contributed by atoms with E-state index in [0.29, 0.717) is 6.54 Å². The minimum absolute atomic E-state index is 0.0814. The lowest BCUT2D eigenvalue weighted by Gasteiger charge is -1.98. The lowest BCUT2D eigenvalue weighted by Crippen LogP contribution is -2.20. The standard InChI is InChI=1S/C13H15N3O/c1-10(2)7-13(17)14-8-11-9-16-6-4-3-5-12(16)15-11/h3-7,9H,8H2,1-2H3,(H,14,17). The maximum Gasteiger partial charge on any atom is 0.244 e. The van der Waals surface area contributed by atoms with Crippen LogP contribution in [-0.2, 0) is 11.3 Å². The smallest absolute Gasteiger partial charge is 0.244 e. The van der Waals surface area contributed by atoms with E-state index in [1.54, 1.807) is 6.08 Å². The molecule has 2 heterocycles. The summed E-state index contributed by atoms with van der Waals surface area (Å²) < 4.78 is 1.93. The van der Waals surface area contributed by atoms with Crippen molar-refractivity contribution < 1.29 is 4.79 Å². The molecular formula is C13H15N3O. The van der Waals surface area contributed by atoms with Gasteiger partial charge in [-0.15, -0.1) is 0 Å². The molecule has 0 saturated heterocycles. The molecule has 0 aliphatic rings. The van der Waals surface area contributed by atoms with Crippen molar-refractivity contribution >= 4 is 11.6 Å². The average molecular weight is 229 g/mol. The molecule has 0 bridgehead atoms. The Kier molecular flexibility index (Phi) is 3.23. The molecule has 0 saturated carbocycles. The van der Waals surface area contributed by atoms with Crippen LogP contribution in [0.3, 0.4) is 0 Å². The van der Waals surface area contributed by atoms with Crippen molar-refractivity contribution in [2.45, 2.75) is 20.4 Å². The Labute approximate surface area is 100.0 Å². The molecule has 1 N–H and O–H groups in total. The van der Waals surface area contributed by atoms with Crippen LogP contribution in [0.2, 0.25) is 0 Å². The summed E-state index contributed by atoms with van der Waals surface area (Å²) in [5, 5.41) is 2.80. The first-order valence-corrected chi connectivity index (χ1v) is 5.50. The van der Waals surface area contributed by atoms with Gasteiger partial charge in [-0.2, -0.15) is 0 Å². The molecule has 0 atom stereocenters. The van der Waals surface area contributed by atoms with Gasteiger partial charge in [-0.25, -0.2) is 4.98 Å². The van der Waals surface area contributed by atoms with E-state index in [1.807, 2.05) is 48.8 Å². The van der Waals surface area contributed by atoms with Crippen molar-refractivity contribution in [1.82, 2.24) is 14.7 Å². The van der Waals surface area contributed by atoms with Crippen LogP contribution in [-0.4, -0.2) is 15.3 Å². The summed E-state index contributed by atoms with van der Waals surface area (Å²) in [5.41, 5.74) is 2.73. The zero-order valence-electron chi connectivity index (χ0n) is 9.97. The van der Waals surface area contributed by atoms with Gasteiger partial charge >= 0.3 is 0 Å². The van der Waals surface area contributed by atoms with Gasteiger partial charge in [-0.1, -0.05) is 11.6 Å². The highest BCUT2D eigenvalue weighted by Crippen LogP contribution is 2.03. The number of hydrogen-bond acceptors (Lipinski definition) is 2. The summed E-state index contributed by atoms with van der Waals surface area (Å²) in [7, 11) is 0. The van der Waals surface area contributed by atoms with E-state index in [2.05, 4.69) is 10.3 Å². The van der Waals surface area contributed by atoms with E-state index >= 15 is 0 Å². The summed E-state index contributed by atoms with van der Waals surface area (Å²) in [5.74, 6) is -0.0814. The highest BCUT2D eigenvalue weighted by molar-refractivity contribution is 5.87. The molecule has 0 aliphatic heterocycles. The third-order valence-electron chi connectivity index (χ3n) is 2.28. The number of hydrogen-bond donors (Lipinski definition) is 1. The number of rotatable bonds is 3. The van der Waals surface area contributed by atoms with E-state index in [1.165, 1.54) is 0 Å². The number of pyridine rings is 1. The van der Waals surface area contributed by atoms with Gasteiger partial charge in [0.15, 0.2) is 0 Å². The molecule has 0 radical (unpaired) electrons. The third-order valence-corrected chi connectivity index (χ3v) is 2.28. The van der Waals surface area contributed by atoms with Gasteiger partial charge in [0.05, 0.1) is 12.2 Å². The van der Waals surface area contributed by atoms with E-state index in [9.17, 15) is 4.79 Å². The van der Waals surface area contributed by atoms with Crippen LogP contribution < -0.4 is 5.32 Å². The van der Waals surface area contributed by atoms with E-state index in [0.717, 1.165) is 16.9 Å². The van der Waals surface area contributed by atoms with Crippen molar-refractivity contribution in [1.29, 1.82) is 0 Å². The van der Waals surface area contributed by atoms with Gasteiger partial charge in [-0.3, -0.25) is 4.79 Å². The number of nitrogens with one attached hydrogen (secondary N) is 1. The maximum absolute atomic E-state index is 11.4. The normalized spacial score (nSPS) is 10.2. The second-order valence-corrected chi connectivity index (χ2v) is 4.14. The molecule has 17 heavy (non-hydrogen) atoms. The highest BCUT2D eigenvalue weighted by atomic mass is 16.1. The van der Waals surface area contributed by atoms with Crippen molar-refractivity contribution in [2.75, 3.05) is 0 Å². The zero-order valence-corrected chi connectivity index (χ0v) is 9.97. The van der Waals surface area contributed by atoms with Crippen LogP contribution in [0.25, 0.3) is 5.65 Å². The summed E-state index contributed by atoms with van der Waals surface area (Å²) in [6.07, 6.45) is 5.43. The van der Waals surface area contributed by atoms with Crippen LogP contribution in [0.15, 0.2) is 42.2 Å². The predicted octanol–water partition coefficient (Wildman–Crippen LogP) is 1.92. The van der Waals surface area contributed by atoms with Crippen molar-refractivity contribution in [3.63, 3.8) is 0 Å². The van der Waals surface area contributed by atoms with E-state index < -0.39 is 0 Å². The molecular weight excluding hydrogens is 214 g/mol. The fourth-order valence-electron chi connectivity index (χ4n) is 1.56. The molecule has 4 nitrogen and oxygen atoms in total. The Morgan fingerprint density at radius 1 is 1.47 bits per heavy atom. The second-order valence-electron chi connectivity index (χ2n) is 4.14. The lowest BCUT2D eigenvalue weighted by atomic mass is 10.3. The number of imidazole rings is 1. The molecule has 0 aromatic carbocycles. The molecule has 2 aromatic heterocycles. The molecule has 2 rings (SSSR count). The summed E-state index contributed by atoms with van der Waals surface area (Å²) >= 11 is 0. The summed E-state index contributed by atoms with van der Waals surface area (Å²) in [6.45, 7) is 4.24. The minimum atomic E-state index is -0.0814. The number of nitrogens with zero attached hydrogens (tertiary/aromatic N) is 2. The Bertz CT molecular complexity index is 532. The molecule has 0 unspecified atom stereocenters. The topological polar surface area (TPSA) is 46.4 Å². The van der Waals surface area contributed by atoms with Crippen molar-refractivity contribution in [3.05, 3.63) is 47.9 Å². The number of carbonyl (C=O) groups excluding carboxylic acids is 1. The molecule has 4 heteroatoms. The molecule has 0 spiro atoms. The van der Waals surface area contributed by atoms with Gasteiger partial charge in [-0.05, 0) is 26.0 Å². The zero-order chi connectivity index (χ0) is 12.3. The van der Waals surface area contributed by atoms with Gasteiger partial charge < -0.3 is 9.72 Å². The molecule has 88 valence electrons. The fourth-order valence-corrected chi connectivity index (χ4v) is 1.56. The van der Waals surface area contributed by atoms with Gasteiger partial charge in [0.25, 0.3) is 0 Å². The number of aromatic nitrogens is 2. The summed E-state index contributed by atoms with van der Waals surface area (Å²) in [6, 6.07) is 5.81. The van der Waals surface area contributed by atoms with Gasteiger partial charge in [0.2, 0.25) is 5.91 Å². The van der Waals surface area contributed by atoms with Crippen molar-refractivity contribution in [2.24, 2.45) is 0 Å². The summed E-state index contributed by atoms with van der Waals surface area (Å²) in [4.78, 5) is 15.8. The fraction of sp³-hybridized carbons (Fsp3) is 0.231. The van der Waals surface area contributed by atoms with Gasteiger partial charge in [0.1, 0.15) is 5.65 Å². The average Bonchev–Trinajstić information content (AvgIpc) is 2.68. The molecule has 0 aliphatic carbocycles. The third kappa shape index (κ3) is 2.93. The maximum atomic E-state index is 11.4. The Morgan fingerprint density at radius 3 is 3.00 bits per heavy atom. The van der Waals surface area contributed by atoms with Crippen LogP contribution in [0, 0.1) is 0 Å². The first-order chi connectivity index (χ1) is 8.15. The van der Waals surface area contributed by atoms with Crippen LogP contribution in [0.4, 0.5) is 0 Å². The highest BCUT2D eigenvalue weighted by Gasteiger charge is 2.02. The van der Waals surface area contributed by atoms with E-state index in [4.69, 9.17) is 0 Å². The number of amides is 1. The Morgan fingerprint density at radius 2 is 2.29 bits per heavy atom. The largest absolute Gasteiger partial charge is 0.347 e. The first kappa shape index (κ1) is 11.4. The quantitative estimate of drug-likeness (QED) is 0.817. The predicted molar refractivity (Wildman–Crippen MR) is 66.5 cm³/mol.